The van der Waals surface area contributed by atoms with Crippen molar-refractivity contribution in [3.05, 3.63) is 0 Å². The van der Waals surface area contributed by atoms with E-state index in [1.807, 2.05) is 0 Å². The zero-order chi connectivity index (χ0) is 14.4. The number of hydrogen-bond acceptors (Lipinski definition) is 4. The third-order valence-electron chi connectivity index (χ3n) is 3.02. The Bertz CT molecular complexity index is 353. The van der Waals surface area contributed by atoms with Crippen molar-refractivity contribution in [1.29, 1.82) is 0 Å². The van der Waals surface area contributed by atoms with E-state index in [1.165, 1.54) is 4.90 Å². The minimum Gasteiger partial charge on any atom is -0.481 e. The summed E-state index contributed by atoms with van der Waals surface area (Å²) in [6.45, 7) is 1.00. The van der Waals surface area contributed by atoms with E-state index in [4.69, 9.17) is 14.9 Å². The number of nitrogens with one attached hydrogen (secondary N) is 1. The van der Waals surface area contributed by atoms with Gasteiger partial charge in [0.2, 0.25) is 0 Å². The van der Waals surface area contributed by atoms with Crippen LogP contribution in [0.15, 0.2) is 0 Å². The normalized spacial score (nSPS) is 19.7. The lowest BCUT2D eigenvalue weighted by molar-refractivity contribution is -0.140. The number of aliphatic carboxylic acids is 2. The van der Waals surface area contributed by atoms with Crippen LogP contribution in [-0.2, 0) is 14.3 Å². The van der Waals surface area contributed by atoms with E-state index in [2.05, 4.69) is 5.32 Å². The summed E-state index contributed by atoms with van der Waals surface area (Å²) < 4.78 is 5.14. The van der Waals surface area contributed by atoms with Crippen LogP contribution in [0.3, 0.4) is 0 Å². The van der Waals surface area contributed by atoms with E-state index < -0.39 is 24.0 Å². The van der Waals surface area contributed by atoms with Crippen LogP contribution in [0.2, 0.25) is 0 Å². The number of likely N-dealkylation sites (N-methyl/N-ethyl adjacent to an activating group) is 1. The summed E-state index contributed by atoms with van der Waals surface area (Å²) in [5.74, 6) is -2.34. The topological polar surface area (TPSA) is 116 Å². The number of hydrogen-bond donors (Lipinski definition) is 3. The molecule has 1 unspecified atom stereocenters. The standard InChI is InChI=1S/C11H18N2O6/c1-13(7-4-5-19-6-7)11(18)12-8(10(16)17)2-3-9(14)15/h7-8H,2-6H2,1H3,(H,12,18)(H,14,15)(H,16,17)/t7?,8-/m0/s1. The molecule has 1 rings (SSSR count). The minimum atomic E-state index is -1.24. The molecule has 0 bridgehead atoms. The molecule has 1 aliphatic heterocycles. The lowest BCUT2D eigenvalue weighted by atomic mass is 10.1. The molecule has 0 spiro atoms. The van der Waals surface area contributed by atoms with Gasteiger partial charge in [-0.05, 0) is 12.8 Å². The Balaban J connectivity index is 2.50. The lowest BCUT2D eigenvalue weighted by Crippen LogP contribution is -2.50. The monoisotopic (exact) mass is 274 g/mol. The highest BCUT2D eigenvalue weighted by Gasteiger charge is 2.27. The molecule has 0 aromatic rings. The van der Waals surface area contributed by atoms with E-state index in [1.54, 1.807) is 7.05 Å². The maximum absolute atomic E-state index is 11.8. The number of urea groups is 1. The first kappa shape index (κ1) is 15.2. The highest BCUT2D eigenvalue weighted by Crippen LogP contribution is 2.11. The number of carboxylic acid groups (broad SMARTS) is 2. The van der Waals surface area contributed by atoms with Crippen molar-refractivity contribution in [2.75, 3.05) is 20.3 Å². The van der Waals surface area contributed by atoms with Gasteiger partial charge in [0.15, 0.2) is 0 Å². The molecule has 8 heteroatoms. The van der Waals surface area contributed by atoms with Gasteiger partial charge in [-0.1, -0.05) is 0 Å². The Labute approximate surface area is 110 Å². The van der Waals surface area contributed by atoms with Crippen LogP contribution < -0.4 is 5.32 Å². The van der Waals surface area contributed by atoms with Crippen molar-refractivity contribution >= 4 is 18.0 Å². The number of nitrogens with zero attached hydrogens (tertiary/aromatic N) is 1. The maximum Gasteiger partial charge on any atom is 0.326 e. The van der Waals surface area contributed by atoms with Gasteiger partial charge in [-0.3, -0.25) is 4.79 Å². The van der Waals surface area contributed by atoms with Crippen LogP contribution in [0.1, 0.15) is 19.3 Å². The summed E-state index contributed by atoms with van der Waals surface area (Å²) in [5, 5.41) is 19.8. The van der Waals surface area contributed by atoms with Crippen LogP contribution in [0.25, 0.3) is 0 Å². The first-order valence-corrected chi connectivity index (χ1v) is 5.97. The Morgan fingerprint density at radius 3 is 2.58 bits per heavy atom. The number of carboxylic acids is 2. The molecule has 108 valence electrons. The smallest absolute Gasteiger partial charge is 0.326 e. The van der Waals surface area contributed by atoms with Crippen LogP contribution >= 0.6 is 0 Å². The van der Waals surface area contributed by atoms with E-state index in [0.717, 1.165) is 0 Å². The Morgan fingerprint density at radius 1 is 1.42 bits per heavy atom. The predicted molar refractivity (Wildman–Crippen MR) is 63.8 cm³/mol. The van der Waals surface area contributed by atoms with E-state index in [0.29, 0.717) is 19.6 Å². The Kier molecular flexibility index (Phi) is 5.56. The van der Waals surface area contributed by atoms with Crippen molar-refractivity contribution in [3.8, 4) is 0 Å². The molecule has 0 radical (unpaired) electrons. The zero-order valence-electron chi connectivity index (χ0n) is 10.7. The van der Waals surface area contributed by atoms with Crippen LogP contribution in [0.5, 0.6) is 0 Å². The molecule has 3 N–H and O–H groups in total. The summed E-state index contributed by atoms with van der Waals surface area (Å²) in [6.07, 6.45) is 0.246. The fraction of sp³-hybridized carbons (Fsp3) is 0.727. The van der Waals surface area contributed by atoms with Gasteiger partial charge in [0, 0.05) is 20.1 Å². The molecule has 0 saturated carbocycles. The predicted octanol–water partition coefficient (Wildman–Crippen LogP) is -0.265. The highest BCUT2D eigenvalue weighted by molar-refractivity contribution is 5.83. The summed E-state index contributed by atoms with van der Waals surface area (Å²) in [4.78, 5) is 34.6. The molecule has 8 nitrogen and oxygen atoms in total. The number of ether oxygens (including phenoxy) is 1. The summed E-state index contributed by atoms with van der Waals surface area (Å²) in [5.41, 5.74) is 0. The molecule has 1 saturated heterocycles. The lowest BCUT2D eigenvalue weighted by Gasteiger charge is -2.25. The van der Waals surface area contributed by atoms with Gasteiger partial charge in [0.05, 0.1) is 12.6 Å². The quantitative estimate of drug-likeness (QED) is 0.614. The second-order valence-corrected chi connectivity index (χ2v) is 4.40. The molecule has 0 aromatic carbocycles. The minimum absolute atomic E-state index is 0.0751. The summed E-state index contributed by atoms with van der Waals surface area (Å²) >= 11 is 0. The maximum atomic E-state index is 11.8. The fourth-order valence-corrected chi connectivity index (χ4v) is 1.77. The van der Waals surface area contributed by atoms with Gasteiger partial charge in [-0.15, -0.1) is 0 Å². The average Bonchev–Trinajstić information content (AvgIpc) is 2.86. The van der Waals surface area contributed by atoms with Crippen molar-refractivity contribution in [3.63, 3.8) is 0 Å². The van der Waals surface area contributed by atoms with Crippen LogP contribution in [0, 0.1) is 0 Å². The molecule has 1 fully saturated rings. The average molecular weight is 274 g/mol. The van der Waals surface area contributed by atoms with Crippen molar-refractivity contribution in [1.82, 2.24) is 10.2 Å². The van der Waals surface area contributed by atoms with Crippen LogP contribution in [-0.4, -0.2) is 65.4 Å². The molecule has 19 heavy (non-hydrogen) atoms. The zero-order valence-corrected chi connectivity index (χ0v) is 10.7. The molecular weight excluding hydrogens is 256 g/mol. The summed E-state index contributed by atoms with van der Waals surface area (Å²) in [6, 6.07) is -1.81. The van der Waals surface area contributed by atoms with Gasteiger partial charge >= 0.3 is 18.0 Å². The fourth-order valence-electron chi connectivity index (χ4n) is 1.77. The summed E-state index contributed by atoms with van der Waals surface area (Å²) in [7, 11) is 1.56. The number of rotatable bonds is 6. The van der Waals surface area contributed by atoms with Gasteiger partial charge in [0.25, 0.3) is 0 Å². The molecule has 2 atom stereocenters. The van der Waals surface area contributed by atoms with E-state index >= 15 is 0 Å². The van der Waals surface area contributed by atoms with Crippen molar-refractivity contribution in [2.45, 2.75) is 31.3 Å². The highest BCUT2D eigenvalue weighted by atomic mass is 16.5. The first-order chi connectivity index (χ1) is 8.91. The second-order valence-electron chi connectivity index (χ2n) is 4.40. The van der Waals surface area contributed by atoms with Gasteiger partial charge in [-0.2, -0.15) is 0 Å². The van der Waals surface area contributed by atoms with Gasteiger partial charge in [-0.25, -0.2) is 9.59 Å². The molecule has 2 amide bonds. The molecular formula is C11H18N2O6. The number of carbonyl (C=O) groups excluding carboxylic acids is 1. The third-order valence-corrected chi connectivity index (χ3v) is 3.02. The number of amides is 2. The van der Waals surface area contributed by atoms with Crippen molar-refractivity contribution < 1.29 is 29.3 Å². The molecule has 1 aliphatic rings. The molecule has 0 aromatic heterocycles. The largest absolute Gasteiger partial charge is 0.481 e. The van der Waals surface area contributed by atoms with Crippen molar-refractivity contribution in [2.24, 2.45) is 0 Å². The Morgan fingerprint density at radius 2 is 2.11 bits per heavy atom. The molecule has 0 aliphatic carbocycles. The Hall–Kier alpha value is -1.83. The van der Waals surface area contributed by atoms with E-state index in [-0.39, 0.29) is 18.9 Å². The van der Waals surface area contributed by atoms with Gasteiger partial charge in [0.1, 0.15) is 6.04 Å². The molecule has 1 heterocycles. The van der Waals surface area contributed by atoms with E-state index in [9.17, 15) is 14.4 Å². The SMILES string of the molecule is CN(C(=O)N[C@@H](CCC(=O)O)C(=O)O)C1CCOC1. The van der Waals surface area contributed by atoms with Gasteiger partial charge < -0.3 is 25.2 Å². The number of carbonyl (C=O) groups is 3. The third kappa shape index (κ3) is 4.74. The second kappa shape index (κ2) is 6.93. The first-order valence-electron chi connectivity index (χ1n) is 5.97. The van der Waals surface area contributed by atoms with Crippen LogP contribution in [0.4, 0.5) is 4.79 Å².